The SMILES string of the molecule is COc1ccc(NC(=O)C2=C(C)NC3=C(C(=O)C[C@@H](c4ccc(OC)c(OC)c4)C3)[C@@H]2c2ccccc2OC)cc1. The van der Waals surface area contributed by atoms with Crippen molar-refractivity contribution in [2.75, 3.05) is 33.8 Å². The number of para-hydroxylation sites is 1. The Labute approximate surface area is 240 Å². The minimum absolute atomic E-state index is 0.0170. The van der Waals surface area contributed by atoms with E-state index in [4.69, 9.17) is 18.9 Å². The molecule has 0 unspecified atom stereocenters. The minimum Gasteiger partial charge on any atom is -0.497 e. The first-order valence-corrected chi connectivity index (χ1v) is 13.4. The molecule has 0 aromatic heterocycles. The highest BCUT2D eigenvalue weighted by atomic mass is 16.5. The van der Waals surface area contributed by atoms with E-state index in [9.17, 15) is 9.59 Å². The maximum atomic E-state index is 14.0. The standard InChI is InChI=1S/C33H34N2O6/c1-19-30(33(37)35-22-11-13-23(38-2)14-12-22)31(24-8-6-7-9-27(24)39-3)32-25(34-19)16-21(17-26(32)36)20-10-15-28(40-4)29(18-20)41-5/h6-15,18,21,31,34H,16-17H2,1-5H3,(H,35,37)/t21-,31+/m0/s1. The minimum atomic E-state index is -0.598. The molecule has 1 aliphatic carbocycles. The van der Waals surface area contributed by atoms with E-state index in [-0.39, 0.29) is 17.6 Å². The van der Waals surface area contributed by atoms with Gasteiger partial charge in [-0.2, -0.15) is 0 Å². The van der Waals surface area contributed by atoms with E-state index in [2.05, 4.69) is 10.6 Å². The van der Waals surface area contributed by atoms with Crippen LogP contribution in [-0.4, -0.2) is 40.1 Å². The van der Waals surface area contributed by atoms with Gasteiger partial charge in [-0.05, 0) is 67.3 Å². The fraction of sp³-hybridized carbons (Fsp3) is 0.273. The van der Waals surface area contributed by atoms with Crippen molar-refractivity contribution >= 4 is 17.4 Å². The molecule has 8 nitrogen and oxygen atoms in total. The second-order valence-electron chi connectivity index (χ2n) is 10.1. The van der Waals surface area contributed by atoms with E-state index in [0.29, 0.717) is 58.4 Å². The zero-order chi connectivity index (χ0) is 29.1. The number of carbonyl (C=O) groups excluding carboxylic acids is 2. The average molecular weight is 555 g/mol. The predicted molar refractivity (Wildman–Crippen MR) is 157 cm³/mol. The second-order valence-corrected chi connectivity index (χ2v) is 10.1. The van der Waals surface area contributed by atoms with Crippen LogP contribution in [0.1, 0.15) is 42.7 Å². The van der Waals surface area contributed by atoms with Gasteiger partial charge in [0.25, 0.3) is 5.91 Å². The number of allylic oxidation sites excluding steroid dienone is 3. The van der Waals surface area contributed by atoms with Crippen LogP contribution in [0.4, 0.5) is 5.69 Å². The molecule has 1 aliphatic heterocycles. The van der Waals surface area contributed by atoms with E-state index in [1.165, 1.54) is 0 Å². The highest BCUT2D eigenvalue weighted by Gasteiger charge is 2.42. The van der Waals surface area contributed by atoms with Crippen LogP contribution >= 0.6 is 0 Å². The Hall–Kier alpha value is -4.72. The molecule has 0 radical (unpaired) electrons. The van der Waals surface area contributed by atoms with Crippen LogP contribution in [0.15, 0.2) is 89.3 Å². The van der Waals surface area contributed by atoms with Crippen LogP contribution in [0, 0.1) is 0 Å². The van der Waals surface area contributed by atoms with Gasteiger partial charge in [0.2, 0.25) is 0 Å². The highest BCUT2D eigenvalue weighted by molar-refractivity contribution is 6.10. The van der Waals surface area contributed by atoms with Gasteiger partial charge in [-0.25, -0.2) is 0 Å². The summed E-state index contributed by atoms with van der Waals surface area (Å²) >= 11 is 0. The smallest absolute Gasteiger partial charge is 0.254 e. The zero-order valence-electron chi connectivity index (χ0n) is 23.9. The monoisotopic (exact) mass is 554 g/mol. The molecule has 0 spiro atoms. The number of benzene rings is 3. The van der Waals surface area contributed by atoms with Gasteiger partial charge in [0.1, 0.15) is 11.5 Å². The number of anilines is 1. The van der Waals surface area contributed by atoms with Crippen molar-refractivity contribution in [3.63, 3.8) is 0 Å². The van der Waals surface area contributed by atoms with Gasteiger partial charge in [0.15, 0.2) is 17.3 Å². The molecule has 2 N–H and O–H groups in total. The molecule has 0 saturated heterocycles. The average Bonchev–Trinajstić information content (AvgIpc) is 3.00. The van der Waals surface area contributed by atoms with Crippen molar-refractivity contribution in [3.8, 4) is 23.0 Å². The van der Waals surface area contributed by atoms with E-state index < -0.39 is 5.92 Å². The van der Waals surface area contributed by atoms with Crippen molar-refractivity contribution in [1.82, 2.24) is 5.32 Å². The summed E-state index contributed by atoms with van der Waals surface area (Å²) in [6, 6.07) is 20.4. The topological polar surface area (TPSA) is 95.1 Å². The first-order valence-electron chi connectivity index (χ1n) is 13.4. The maximum absolute atomic E-state index is 14.0. The normalized spacial score (nSPS) is 18.3. The number of carbonyl (C=O) groups is 2. The Morgan fingerprint density at radius 3 is 2.22 bits per heavy atom. The number of rotatable bonds is 8. The van der Waals surface area contributed by atoms with Crippen LogP contribution in [0.2, 0.25) is 0 Å². The molecule has 41 heavy (non-hydrogen) atoms. The third-order valence-electron chi connectivity index (χ3n) is 7.75. The van der Waals surface area contributed by atoms with E-state index in [1.54, 1.807) is 52.7 Å². The Morgan fingerprint density at radius 2 is 1.54 bits per heavy atom. The molecule has 2 aliphatic rings. The lowest BCUT2D eigenvalue weighted by Crippen LogP contribution is -2.37. The third kappa shape index (κ3) is 5.37. The fourth-order valence-electron chi connectivity index (χ4n) is 5.77. The molecular formula is C33H34N2O6. The fourth-order valence-corrected chi connectivity index (χ4v) is 5.77. The van der Waals surface area contributed by atoms with Crippen LogP contribution < -0.4 is 29.6 Å². The molecular weight excluding hydrogens is 520 g/mol. The summed E-state index contributed by atoms with van der Waals surface area (Å²) < 4.78 is 21.9. The summed E-state index contributed by atoms with van der Waals surface area (Å²) in [5.74, 6) is 1.59. The predicted octanol–water partition coefficient (Wildman–Crippen LogP) is 5.72. The number of dihydropyridines is 1. The summed E-state index contributed by atoms with van der Waals surface area (Å²) in [5, 5.41) is 6.44. The van der Waals surface area contributed by atoms with Crippen molar-refractivity contribution in [3.05, 3.63) is 100 Å². The molecule has 5 rings (SSSR count). The van der Waals surface area contributed by atoms with Crippen molar-refractivity contribution in [2.24, 2.45) is 0 Å². The van der Waals surface area contributed by atoms with Gasteiger partial charge in [-0.3, -0.25) is 9.59 Å². The molecule has 8 heteroatoms. The number of ketones is 1. The quantitative estimate of drug-likeness (QED) is 0.368. The number of hydrogen-bond donors (Lipinski definition) is 2. The summed E-state index contributed by atoms with van der Waals surface area (Å²) in [7, 11) is 6.38. The highest BCUT2D eigenvalue weighted by Crippen LogP contribution is 2.48. The van der Waals surface area contributed by atoms with Gasteiger partial charge in [-0.1, -0.05) is 24.3 Å². The van der Waals surface area contributed by atoms with Gasteiger partial charge >= 0.3 is 0 Å². The lowest BCUT2D eigenvalue weighted by atomic mass is 9.71. The van der Waals surface area contributed by atoms with Crippen LogP contribution in [0.25, 0.3) is 0 Å². The lowest BCUT2D eigenvalue weighted by Gasteiger charge is -2.37. The Bertz CT molecular complexity index is 1540. The van der Waals surface area contributed by atoms with Crippen LogP contribution in [-0.2, 0) is 9.59 Å². The number of ether oxygens (including phenoxy) is 4. The number of hydrogen-bond acceptors (Lipinski definition) is 7. The Balaban J connectivity index is 1.55. The zero-order valence-corrected chi connectivity index (χ0v) is 23.9. The summed E-state index contributed by atoms with van der Waals surface area (Å²) in [6.07, 6.45) is 0.904. The van der Waals surface area contributed by atoms with Crippen LogP contribution in [0.3, 0.4) is 0 Å². The van der Waals surface area contributed by atoms with Crippen molar-refractivity contribution in [2.45, 2.75) is 31.6 Å². The maximum Gasteiger partial charge on any atom is 0.254 e. The molecule has 0 saturated carbocycles. The first kappa shape index (κ1) is 27.8. The van der Waals surface area contributed by atoms with Crippen molar-refractivity contribution < 1.29 is 28.5 Å². The number of amides is 1. The van der Waals surface area contributed by atoms with Gasteiger partial charge in [0, 0.05) is 40.2 Å². The molecule has 3 aromatic carbocycles. The number of methoxy groups -OCH3 is 4. The summed E-state index contributed by atoms with van der Waals surface area (Å²) in [6.45, 7) is 1.87. The summed E-state index contributed by atoms with van der Waals surface area (Å²) in [4.78, 5) is 27.9. The molecule has 212 valence electrons. The number of nitrogens with one attached hydrogen (secondary N) is 2. The van der Waals surface area contributed by atoms with E-state index in [0.717, 1.165) is 16.8 Å². The molecule has 1 amide bonds. The third-order valence-corrected chi connectivity index (χ3v) is 7.75. The van der Waals surface area contributed by atoms with Crippen LogP contribution in [0.5, 0.6) is 23.0 Å². The molecule has 2 atom stereocenters. The molecule has 0 bridgehead atoms. The van der Waals surface area contributed by atoms with E-state index >= 15 is 0 Å². The Kier molecular flexibility index (Phi) is 8.01. The van der Waals surface area contributed by atoms with Gasteiger partial charge in [0.05, 0.1) is 34.4 Å². The second kappa shape index (κ2) is 11.8. The summed E-state index contributed by atoms with van der Waals surface area (Å²) in [5.41, 5.74) is 4.95. The Morgan fingerprint density at radius 1 is 0.829 bits per heavy atom. The first-order chi connectivity index (χ1) is 19.9. The van der Waals surface area contributed by atoms with Gasteiger partial charge in [-0.15, -0.1) is 0 Å². The molecule has 1 heterocycles. The van der Waals surface area contributed by atoms with Gasteiger partial charge < -0.3 is 29.6 Å². The number of Topliss-reactive ketones (excluding diaryl/α,β-unsaturated/α-hetero) is 1. The largest absolute Gasteiger partial charge is 0.497 e. The van der Waals surface area contributed by atoms with E-state index in [1.807, 2.05) is 49.4 Å². The lowest BCUT2D eigenvalue weighted by molar-refractivity contribution is -0.116. The van der Waals surface area contributed by atoms with Crippen molar-refractivity contribution in [1.29, 1.82) is 0 Å². The molecule has 3 aromatic rings. The molecule has 0 fully saturated rings.